The van der Waals surface area contributed by atoms with Crippen molar-refractivity contribution < 1.29 is 23.1 Å². The van der Waals surface area contributed by atoms with Gasteiger partial charge in [-0.1, -0.05) is 0 Å². The van der Waals surface area contributed by atoms with Crippen molar-refractivity contribution in [3.05, 3.63) is 24.2 Å². The minimum Gasteiger partial charge on any atom is -0.468 e. The molecule has 0 saturated carbocycles. The maximum absolute atomic E-state index is 13.5. The van der Waals surface area contributed by atoms with Crippen molar-refractivity contribution in [3.63, 3.8) is 0 Å². The van der Waals surface area contributed by atoms with Crippen molar-refractivity contribution in [2.45, 2.75) is 24.9 Å². The van der Waals surface area contributed by atoms with Crippen LogP contribution in [0.15, 0.2) is 22.8 Å². The van der Waals surface area contributed by atoms with Gasteiger partial charge in [0.2, 0.25) is 5.91 Å². The number of nitrogens with zero attached hydrogens (tertiary/aromatic N) is 3. The third-order valence-electron chi connectivity index (χ3n) is 4.72. The lowest BCUT2D eigenvalue weighted by Gasteiger charge is -2.35. The van der Waals surface area contributed by atoms with E-state index in [2.05, 4.69) is 4.90 Å². The molecule has 1 amide bonds. The Kier molecular flexibility index (Phi) is 5.17. The Hall–Kier alpha value is -1.51. The van der Waals surface area contributed by atoms with Crippen LogP contribution in [0.25, 0.3) is 0 Å². The molecule has 6 nitrogen and oxygen atoms in total. The Morgan fingerprint density at radius 3 is 2.71 bits per heavy atom. The van der Waals surface area contributed by atoms with Gasteiger partial charge in [0.25, 0.3) is 5.92 Å². The number of halogens is 2. The molecule has 1 N–H and O–H groups in total. The average Bonchev–Trinajstić information content (AvgIpc) is 3.15. The fourth-order valence-electron chi connectivity index (χ4n) is 3.38. The topological polar surface area (TPSA) is 60.2 Å². The summed E-state index contributed by atoms with van der Waals surface area (Å²) in [5, 5.41) is 9.23. The van der Waals surface area contributed by atoms with E-state index >= 15 is 0 Å². The number of hydrogen-bond acceptors (Lipinski definition) is 5. The molecule has 1 unspecified atom stereocenters. The Bertz CT molecular complexity index is 545. The van der Waals surface area contributed by atoms with E-state index in [1.807, 2.05) is 12.1 Å². The van der Waals surface area contributed by atoms with Crippen molar-refractivity contribution >= 4 is 5.91 Å². The zero-order valence-corrected chi connectivity index (χ0v) is 13.5. The highest BCUT2D eigenvalue weighted by atomic mass is 19.3. The van der Waals surface area contributed by atoms with Crippen molar-refractivity contribution in [3.8, 4) is 0 Å². The van der Waals surface area contributed by atoms with E-state index in [1.54, 1.807) is 11.2 Å². The van der Waals surface area contributed by atoms with Crippen molar-refractivity contribution in [2.75, 3.05) is 45.9 Å². The summed E-state index contributed by atoms with van der Waals surface area (Å²) in [6.07, 6.45) is 1.26. The number of likely N-dealkylation sites (tertiary alicyclic amines) is 1. The summed E-state index contributed by atoms with van der Waals surface area (Å²) in [6, 6.07) is 3.13. The molecule has 1 aromatic heterocycles. The quantitative estimate of drug-likeness (QED) is 0.850. The molecule has 1 atom stereocenters. The third-order valence-corrected chi connectivity index (χ3v) is 4.72. The van der Waals surface area contributed by atoms with Crippen molar-refractivity contribution in [2.24, 2.45) is 0 Å². The summed E-state index contributed by atoms with van der Waals surface area (Å²) in [6.45, 7) is 2.46. The molecule has 24 heavy (non-hydrogen) atoms. The minimum atomic E-state index is -2.82. The standard InChI is InChI=1S/C16H23F2N3O3/c17-16(18)8-13(11-22)21(12-16)10-15(23)20-5-3-19(4-6-20)9-14-2-1-7-24-14/h1-2,7,13,22H,3-6,8-12H2. The summed E-state index contributed by atoms with van der Waals surface area (Å²) in [4.78, 5) is 17.7. The lowest BCUT2D eigenvalue weighted by Crippen LogP contribution is -2.51. The Labute approximate surface area is 139 Å². The van der Waals surface area contributed by atoms with E-state index in [1.165, 1.54) is 4.90 Å². The Balaban J connectivity index is 1.47. The molecule has 0 aliphatic carbocycles. The van der Waals surface area contributed by atoms with E-state index in [-0.39, 0.29) is 25.5 Å². The summed E-state index contributed by atoms with van der Waals surface area (Å²) < 4.78 is 32.2. The molecule has 8 heteroatoms. The van der Waals surface area contributed by atoms with Gasteiger partial charge < -0.3 is 14.4 Å². The van der Waals surface area contributed by atoms with Gasteiger partial charge in [-0.05, 0) is 12.1 Å². The van der Waals surface area contributed by atoms with Gasteiger partial charge in [0.1, 0.15) is 5.76 Å². The summed E-state index contributed by atoms with van der Waals surface area (Å²) in [5.41, 5.74) is 0. The molecular formula is C16H23F2N3O3. The number of alkyl halides is 2. The maximum Gasteiger partial charge on any atom is 0.262 e. The predicted molar refractivity (Wildman–Crippen MR) is 82.6 cm³/mol. The molecule has 134 valence electrons. The fourth-order valence-corrected chi connectivity index (χ4v) is 3.38. The number of carbonyl (C=O) groups excluding carboxylic acids is 1. The van der Waals surface area contributed by atoms with Crippen molar-refractivity contribution in [1.82, 2.24) is 14.7 Å². The van der Waals surface area contributed by atoms with Crippen molar-refractivity contribution in [1.29, 1.82) is 0 Å². The average molecular weight is 343 g/mol. The van der Waals surface area contributed by atoms with Crippen LogP contribution in [0.3, 0.4) is 0 Å². The summed E-state index contributed by atoms with van der Waals surface area (Å²) in [5.74, 6) is -2.08. The molecule has 2 fully saturated rings. The van der Waals surface area contributed by atoms with Gasteiger partial charge in [0.15, 0.2) is 0 Å². The third kappa shape index (κ3) is 4.12. The maximum atomic E-state index is 13.5. The summed E-state index contributed by atoms with van der Waals surface area (Å²) >= 11 is 0. The molecule has 3 heterocycles. The number of piperazine rings is 1. The highest BCUT2D eigenvalue weighted by Gasteiger charge is 2.45. The molecule has 0 bridgehead atoms. The highest BCUT2D eigenvalue weighted by Crippen LogP contribution is 2.31. The van der Waals surface area contributed by atoms with Gasteiger partial charge in [-0.25, -0.2) is 8.78 Å². The van der Waals surface area contributed by atoms with Crippen LogP contribution in [0, 0.1) is 0 Å². The van der Waals surface area contributed by atoms with Crippen LogP contribution >= 0.6 is 0 Å². The zero-order chi connectivity index (χ0) is 17.2. The Morgan fingerprint density at radius 2 is 2.08 bits per heavy atom. The monoisotopic (exact) mass is 343 g/mol. The van der Waals surface area contributed by atoms with E-state index in [4.69, 9.17) is 4.42 Å². The lowest BCUT2D eigenvalue weighted by atomic mass is 10.2. The molecule has 2 saturated heterocycles. The number of hydrogen-bond donors (Lipinski definition) is 1. The van der Waals surface area contributed by atoms with Crippen LogP contribution in [0.1, 0.15) is 12.2 Å². The number of amides is 1. The molecule has 3 rings (SSSR count). The number of carbonyl (C=O) groups is 1. The minimum absolute atomic E-state index is 0.0565. The van der Waals surface area contributed by atoms with Gasteiger partial charge >= 0.3 is 0 Å². The predicted octanol–water partition coefficient (Wildman–Crippen LogP) is 0.626. The first-order chi connectivity index (χ1) is 11.5. The van der Waals surface area contributed by atoms with Gasteiger partial charge in [-0.3, -0.25) is 14.6 Å². The first kappa shape index (κ1) is 17.3. The van der Waals surface area contributed by atoms with Crippen LogP contribution in [-0.2, 0) is 11.3 Å². The van der Waals surface area contributed by atoms with E-state index in [0.29, 0.717) is 19.6 Å². The molecular weight excluding hydrogens is 320 g/mol. The van der Waals surface area contributed by atoms with Crippen LogP contribution < -0.4 is 0 Å². The van der Waals surface area contributed by atoms with Crippen LogP contribution in [0.4, 0.5) is 8.78 Å². The van der Waals surface area contributed by atoms with Crippen LogP contribution in [0.5, 0.6) is 0 Å². The van der Waals surface area contributed by atoms with E-state index < -0.39 is 18.5 Å². The van der Waals surface area contributed by atoms with Gasteiger partial charge in [-0.2, -0.15) is 0 Å². The SMILES string of the molecule is O=C(CN1CC(F)(F)CC1CO)N1CCN(Cc2ccco2)CC1. The van der Waals surface area contributed by atoms with E-state index in [9.17, 15) is 18.7 Å². The molecule has 0 spiro atoms. The second kappa shape index (κ2) is 7.16. The first-order valence-corrected chi connectivity index (χ1v) is 8.22. The molecule has 0 aromatic carbocycles. The second-order valence-electron chi connectivity index (χ2n) is 6.54. The van der Waals surface area contributed by atoms with E-state index in [0.717, 1.165) is 18.8 Å². The van der Waals surface area contributed by atoms with Gasteiger partial charge in [0, 0.05) is 38.6 Å². The lowest BCUT2D eigenvalue weighted by molar-refractivity contribution is -0.134. The number of aliphatic hydroxyl groups is 1. The first-order valence-electron chi connectivity index (χ1n) is 8.22. The molecule has 2 aliphatic heterocycles. The normalized spacial score (nSPS) is 25.3. The van der Waals surface area contributed by atoms with Gasteiger partial charge in [0.05, 0.1) is 32.5 Å². The summed E-state index contributed by atoms with van der Waals surface area (Å²) in [7, 11) is 0. The molecule has 2 aliphatic rings. The second-order valence-corrected chi connectivity index (χ2v) is 6.54. The zero-order valence-electron chi connectivity index (χ0n) is 13.5. The smallest absolute Gasteiger partial charge is 0.262 e. The highest BCUT2D eigenvalue weighted by molar-refractivity contribution is 5.78. The fraction of sp³-hybridized carbons (Fsp3) is 0.688. The number of furan rings is 1. The Morgan fingerprint density at radius 1 is 1.33 bits per heavy atom. The van der Waals surface area contributed by atoms with Crippen LogP contribution in [0.2, 0.25) is 0 Å². The van der Waals surface area contributed by atoms with Crippen LogP contribution in [-0.4, -0.2) is 83.6 Å². The number of aliphatic hydroxyl groups excluding tert-OH is 1. The molecule has 0 radical (unpaired) electrons. The van der Waals surface area contributed by atoms with Gasteiger partial charge in [-0.15, -0.1) is 0 Å². The molecule has 1 aromatic rings. The number of rotatable bonds is 5. The largest absolute Gasteiger partial charge is 0.468 e.